The van der Waals surface area contributed by atoms with Gasteiger partial charge in [-0.1, -0.05) is 11.5 Å². The molecule has 8 nitrogen and oxygen atoms in total. The molecule has 0 spiro atoms. The highest BCUT2D eigenvalue weighted by Crippen LogP contribution is 2.34. The number of aromatic nitrogens is 4. The number of nitrogens with zero attached hydrogens (tertiary/aromatic N) is 4. The van der Waals surface area contributed by atoms with Gasteiger partial charge in [0.25, 0.3) is 11.1 Å². The van der Waals surface area contributed by atoms with Crippen molar-refractivity contribution in [3.05, 3.63) is 40.4 Å². The summed E-state index contributed by atoms with van der Waals surface area (Å²) >= 11 is 4.61. The molecule has 0 radical (unpaired) electrons. The van der Waals surface area contributed by atoms with Crippen molar-refractivity contribution in [3.63, 3.8) is 0 Å². The number of aryl methyl sites for hydroxylation is 1. The third kappa shape index (κ3) is 5.19. The quantitative estimate of drug-likeness (QED) is 0.470. The molecule has 0 bridgehead atoms. The lowest BCUT2D eigenvalue weighted by molar-refractivity contribution is 0.102. The van der Waals surface area contributed by atoms with Crippen LogP contribution in [-0.2, 0) is 0 Å². The third-order valence-corrected chi connectivity index (χ3v) is 6.24. The van der Waals surface area contributed by atoms with Crippen molar-refractivity contribution in [2.24, 2.45) is 0 Å². The van der Waals surface area contributed by atoms with Crippen molar-refractivity contribution in [2.45, 2.75) is 45.1 Å². The van der Waals surface area contributed by atoms with E-state index >= 15 is 0 Å². The standard InChI is InChI=1S/C21H22BrN5O3S/c1-12-8-14(15-9-18(22)24-11-17(15)29-2)16(10-23-12)19(28)25-20-26-27-21(31-20)30-13-6-4-3-5-7-13/h8-11,13H,3-7H2,1-2H3,(H,25,26,28). The van der Waals surface area contributed by atoms with Gasteiger partial charge >= 0.3 is 0 Å². The second kappa shape index (κ2) is 9.69. The summed E-state index contributed by atoms with van der Waals surface area (Å²) in [6, 6.07) is 3.66. The number of hydrogen-bond donors (Lipinski definition) is 1. The molecule has 0 aromatic carbocycles. The van der Waals surface area contributed by atoms with Crippen molar-refractivity contribution in [2.75, 3.05) is 12.4 Å². The van der Waals surface area contributed by atoms with Gasteiger partial charge in [-0.2, -0.15) is 0 Å². The number of hydrogen-bond acceptors (Lipinski definition) is 8. The zero-order valence-electron chi connectivity index (χ0n) is 17.2. The summed E-state index contributed by atoms with van der Waals surface area (Å²) in [6.45, 7) is 1.87. The number of rotatable bonds is 6. The van der Waals surface area contributed by atoms with Crippen LogP contribution < -0.4 is 14.8 Å². The highest BCUT2D eigenvalue weighted by molar-refractivity contribution is 9.10. The van der Waals surface area contributed by atoms with E-state index in [1.54, 1.807) is 19.5 Å². The SMILES string of the molecule is COc1cnc(Br)cc1-c1cc(C)ncc1C(=O)Nc1nnc(OC2CCCCC2)s1. The van der Waals surface area contributed by atoms with E-state index in [9.17, 15) is 4.79 Å². The van der Waals surface area contributed by atoms with Gasteiger partial charge in [-0.15, -0.1) is 5.10 Å². The topological polar surface area (TPSA) is 99.1 Å². The molecular formula is C21H22BrN5O3S. The average Bonchev–Trinajstić information content (AvgIpc) is 3.20. The van der Waals surface area contributed by atoms with Crippen molar-refractivity contribution in [3.8, 4) is 22.1 Å². The fourth-order valence-electron chi connectivity index (χ4n) is 3.55. The molecule has 1 aliphatic rings. The first-order valence-corrected chi connectivity index (χ1v) is 11.6. The number of methoxy groups -OCH3 is 1. The first-order chi connectivity index (χ1) is 15.0. The van der Waals surface area contributed by atoms with Crippen LogP contribution >= 0.6 is 27.3 Å². The van der Waals surface area contributed by atoms with Crippen molar-refractivity contribution in [1.29, 1.82) is 0 Å². The van der Waals surface area contributed by atoms with Crippen LogP contribution in [0.1, 0.15) is 48.2 Å². The highest BCUT2D eigenvalue weighted by Gasteiger charge is 2.21. The van der Waals surface area contributed by atoms with Gasteiger partial charge in [0.15, 0.2) is 0 Å². The Labute approximate surface area is 192 Å². The minimum atomic E-state index is -0.335. The molecule has 0 saturated heterocycles. The highest BCUT2D eigenvalue weighted by atomic mass is 79.9. The normalized spacial score (nSPS) is 14.3. The van der Waals surface area contributed by atoms with Crippen LogP contribution in [0, 0.1) is 6.92 Å². The molecule has 31 heavy (non-hydrogen) atoms. The fraction of sp³-hybridized carbons (Fsp3) is 0.381. The number of pyridine rings is 2. The average molecular weight is 504 g/mol. The van der Waals surface area contributed by atoms with Gasteiger partial charge in [-0.05, 0) is 72.0 Å². The van der Waals surface area contributed by atoms with Crippen molar-refractivity contribution < 1.29 is 14.3 Å². The largest absolute Gasteiger partial charge is 0.494 e. The molecule has 1 fully saturated rings. The minimum absolute atomic E-state index is 0.177. The van der Waals surface area contributed by atoms with Gasteiger partial charge < -0.3 is 9.47 Å². The maximum Gasteiger partial charge on any atom is 0.296 e. The smallest absolute Gasteiger partial charge is 0.296 e. The summed E-state index contributed by atoms with van der Waals surface area (Å²) in [7, 11) is 1.57. The summed E-state index contributed by atoms with van der Waals surface area (Å²) in [6.07, 6.45) is 8.99. The Kier molecular flexibility index (Phi) is 6.77. The van der Waals surface area contributed by atoms with E-state index in [2.05, 4.69) is 41.4 Å². The zero-order valence-corrected chi connectivity index (χ0v) is 19.6. The summed E-state index contributed by atoms with van der Waals surface area (Å²) < 4.78 is 12.0. The molecule has 0 atom stereocenters. The van der Waals surface area contributed by atoms with Crippen LogP contribution in [0.3, 0.4) is 0 Å². The van der Waals surface area contributed by atoms with Crippen molar-refractivity contribution in [1.82, 2.24) is 20.2 Å². The van der Waals surface area contributed by atoms with Gasteiger partial charge in [0.1, 0.15) is 16.5 Å². The van der Waals surface area contributed by atoms with Crippen LogP contribution in [0.25, 0.3) is 11.1 Å². The van der Waals surface area contributed by atoms with Crippen LogP contribution in [0.5, 0.6) is 10.9 Å². The molecule has 0 aliphatic heterocycles. The van der Waals surface area contributed by atoms with E-state index in [1.165, 1.54) is 30.6 Å². The first-order valence-electron chi connectivity index (χ1n) is 10.0. The fourth-order valence-corrected chi connectivity index (χ4v) is 4.54. The van der Waals surface area contributed by atoms with Gasteiger partial charge in [-0.3, -0.25) is 15.1 Å². The summed E-state index contributed by atoms with van der Waals surface area (Å²) in [4.78, 5) is 21.6. The van der Waals surface area contributed by atoms with E-state index in [-0.39, 0.29) is 12.0 Å². The van der Waals surface area contributed by atoms with Gasteiger partial charge in [-0.25, -0.2) is 4.98 Å². The molecule has 0 unspecified atom stereocenters. The van der Waals surface area contributed by atoms with E-state index in [4.69, 9.17) is 9.47 Å². The Balaban J connectivity index is 1.57. The predicted octanol–water partition coefficient (Wildman–Crippen LogP) is 5.04. The first kappa shape index (κ1) is 21.6. The molecule has 4 rings (SSSR count). The Morgan fingerprint density at radius 1 is 1.13 bits per heavy atom. The summed E-state index contributed by atoms with van der Waals surface area (Å²) in [5.41, 5.74) is 2.60. The van der Waals surface area contributed by atoms with E-state index < -0.39 is 0 Å². The maximum atomic E-state index is 13.1. The van der Waals surface area contributed by atoms with Gasteiger partial charge in [0.05, 0.1) is 18.9 Å². The van der Waals surface area contributed by atoms with Crippen LogP contribution in [0.4, 0.5) is 5.13 Å². The molecule has 3 heterocycles. The Morgan fingerprint density at radius 3 is 2.71 bits per heavy atom. The molecule has 1 N–H and O–H groups in total. The van der Waals surface area contributed by atoms with Gasteiger partial charge in [0, 0.05) is 23.0 Å². The Bertz CT molecular complexity index is 1080. The molecule has 1 amide bonds. The van der Waals surface area contributed by atoms with Gasteiger partial charge in [0.2, 0.25) is 5.13 Å². The number of amides is 1. The number of nitrogens with one attached hydrogen (secondary N) is 1. The number of carbonyl (C=O) groups is 1. The summed E-state index contributed by atoms with van der Waals surface area (Å²) in [5.74, 6) is 0.222. The van der Waals surface area contributed by atoms with E-state index in [1.807, 2.05) is 19.1 Å². The molecular weight excluding hydrogens is 482 g/mol. The Morgan fingerprint density at radius 2 is 1.94 bits per heavy atom. The lowest BCUT2D eigenvalue weighted by atomic mass is 9.98. The predicted molar refractivity (Wildman–Crippen MR) is 122 cm³/mol. The van der Waals surface area contributed by atoms with E-state index in [0.29, 0.717) is 31.8 Å². The second-order valence-electron chi connectivity index (χ2n) is 7.28. The molecule has 10 heteroatoms. The van der Waals surface area contributed by atoms with Crippen LogP contribution in [0.15, 0.2) is 29.1 Å². The molecule has 1 saturated carbocycles. The monoisotopic (exact) mass is 503 g/mol. The molecule has 1 aliphatic carbocycles. The summed E-state index contributed by atoms with van der Waals surface area (Å²) in [5, 5.41) is 11.8. The molecule has 162 valence electrons. The van der Waals surface area contributed by atoms with Crippen LogP contribution in [0.2, 0.25) is 0 Å². The molecule has 3 aromatic rings. The zero-order chi connectivity index (χ0) is 21.8. The van der Waals surface area contributed by atoms with E-state index in [0.717, 1.165) is 24.1 Å². The lowest BCUT2D eigenvalue weighted by Gasteiger charge is -2.20. The molecule has 3 aromatic heterocycles. The number of anilines is 1. The lowest BCUT2D eigenvalue weighted by Crippen LogP contribution is -2.19. The minimum Gasteiger partial charge on any atom is -0.494 e. The maximum absolute atomic E-state index is 13.1. The number of ether oxygens (including phenoxy) is 2. The van der Waals surface area contributed by atoms with Crippen LogP contribution in [-0.4, -0.2) is 39.3 Å². The number of halogens is 1. The van der Waals surface area contributed by atoms with Crippen molar-refractivity contribution >= 4 is 38.3 Å². The number of carbonyl (C=O) groups excluding carboxylic acids is 1. The third-order valence-electron chi connectivity index (χ3n) is 5.08. The Hall–Kier alpha value is -2.59. The second-order valence-corrected chi connectivity index (χ2v) is 9.04.